The van der Waals surface area contributed by atoms with E-state index in [0.717, 1.165) is 45.2 Å². The molecule has 1 saturated heterocycles. The van der Waals surface area contributed by atoms with Gasteiger partial charge in [-0.2, -0.15) is 5.26 Å². The first-order chi connectivity index (χ1) is 14.5. The van der Waals surface area contributed by atoms with Crippen LogP contribution in [0.5, 0.6) is 0 Å². The molecule has 3 aromatic heterocycles. The van der Waals surface area contributed by atoms with Gasteiger partial charge in [-0.1, -0.05) is 24.3 Å². The van der Waals surface area contributed by atoms with Gasteiger partial charge in [0.2, 0.25) is 0 Å². The van der Waals surface area contributed by atoms with Gasteiger partial charge in [0.1, 0.15) is 17.4 Å². The van der Waals surface area contributed by atoms with E-state index < -0.39 is 9.84 Å². The molecule has 1 aliphatic rings. The molecule has 30 heavy (non-hydrogen) atoms. The van der Waals surface area contributed by atoms with Crippen molar-refractivity contribution in [2.75, 3.05) is 24.6 Å². The molecule has 1 N–H and O–H groups in total. The minimum absolute atomic E-state index is 0.240. The Morgan fingerprint density at radius 3 is 2.50 bits per heavy atom. The molecule has 0 saturated carbocycles. The number of benzene rings is 1. The number of nitriles is 1. The minimum Gasteiger partial charge on any atom is -0.338 e. The number of hydrogen-bond donors (Lipinski definition) is 1. The summed E-state index contributed by atoms with van der Waals surface area (Å²) in [5.41, 5.74) is 5.20. The van der Waals surface area contributed by atoms with Crippen LogP contribution < -0.4 is 0 Å². The van der Waals surface area contributed by atoms with Crippen molar-refractivity contribution in [2.24, 2.45) is 0 Å². The highest BCUT2D eigenvalue weighted by molar-refractivity contribution is 7.91. The van der Waals surface area contributed by atoms with E-state index in [9.17, 15) is 8.42 Å². The van der Waals surface area contributed by atoms with Crippen LogP contribution in [0.25, 0.3) is 33.1 Å². The van der Waals surface area contributed by atoms with Crippen LogP contribution in [0.1, 0.15) is 11.3 Å². The summed E-state index contributed by atoms with van der Waals surface area (Å²) in [7, 11) is -2.86. The molecule has 1 aromatic carbocycles. The highest BCUT2D eigenvalue weighted by Crippen LogP contribution is 2.29. The molecule has 7 nitrogen and oxygen atoms in total. The summed E-state index contributed by atoms with van der Waals surface area (Å²) in [5, 5.41) is 11.0. The Morgan fingerprint density at radius 1 is 1.00 bits per heavy atom. The molecular formula is C22H19N5O2S. The number of pyridine rings is 2. The van der Waals surface area contributed by atoms with Crippen molar-refractivity contribution < 1.29 is 8.42 Å². The van der Waals surface area contributed by atoms with Crippen LogP contribution in [0, 0.1) is 11.3 Å². The van der Waals surface area contributed by atoms with E-state index in [0.29, 0.717) is 18.8 Å². The summed E-state index contributed by atoms with van der Waals surface area (Å²) in [4.78, 5) is 14.1. The van der Waals surface area contributed by atoms with E-state index in [1.54, 1.807) is 12.3 Å². The highest BCUT2D eigenvalue weighted by Gasteiger charge is 2.21. The maximum absolute atomic E-state index is 11.6. The lowest BCUT2D eigenvalue weighted by molar-refractivity contribution is 0.287. The maximum Gasteiger partial charge on any atom is 0.152 e. The zero-order valence-electron chi connectivity index (χ0n) is 16.2. The molecule has 0 unspecified atom stereocenters. The van der Waals surface area contributed by atoms with Gasteiger partial charge in [-0.3, -0.25) is 4.90 Å². The predicted octanol–water partition coefficient (Wildman–Crippen LogP) is 2.88. The van der Waals surface area contributed by atoms with Crippen LogP contribution in [0.4, 0.5) is 0 Å². The third-order valence-electron chi connectivity index (χ3n) is 5.58. The summed E-state index contributed by atoms with van der Waals surface area (Å²) in [6.45, 7) is 1.93. The van der Waals surface area contributed by atoms with Gasteiger partial charge in [0.25, 0.3) is 0 Å². The quantitative estimate of drug-likeness (QED) is 0.550. The van der Waals surface area contributed by atoms with Crippen molar-refractivity contribution in [3.8, 4) is 17.2 Å². The van der Waals surface area contributed by atoms with Gasteiger partial charge in [0.05, 0.1) is 23.2 Å². The zero-order chi connectivity index (χ0) is 20.7. The van der Waals surface area contributed by atoms with Gasteiger partial charge >= 0.3 is 0 Å². The Morgan fingerprint density at radius 2 is 1.77 bits per heavy atom. The molecular weight excluding hydrogens is 398 g/mol. The van der Waals surface area contributed by atoms with Gasteiger partial charge in [0.15, 0.2) is 9.84 Å². The molecule has 0 aliphatic carbocycles. The monoisotopic (exact) mass is 417 g/mol. The number of hydrogen-bond acceptors (Lipinski definition) is 6. The van der Waals surface area contributed by atoms with Crippen molar-refractivity contribution in [3.05, 3.63) is 60.0 Å². The second-order valence-electron chi connectivity index (χ2n) is 7.60. The second kappa shape index (κ2) is 7.20. The molecule has 1 aliphatic heterocycles. The fourth-order valence-electron chi connectivity index (χ4n) is 3.86. The first kappa shape index (κ1) is 18.7. The molecule has 4 heterocycles. The molecule has 1 fully saturated rings. The van der Waals surface area contributed by atoms with E-state index in [2.05, 4.69) is 56.3 Å². The molecule has 0 bridgehead atoms. The predicted molar refractivity (Wildman–Crippen MR) is 115 cm³/mol. The molecule has 8 heteroatoms. The molecule has 0 amide bonds. The Bertz CT molecular complexity index is 1390. The van der Waals surface area contributed by atoms with Gasteiger partial charge < -0.3 is 4.98 Å². The topological polar surface area (TPSA) is 103 Å². The van der Waals surface area contributed by atoms with E-state index in [1.807, 2.05) is 6.20 Å². The summed E-state index contributed by atoms with van der Waals surface area (Å²) < 4.78 is 23.2. The van der Waals surface area contributed by atoms with Crippen molar-refractivity contribution in [1.29, 1.82) is 5.26 Å². The van der Waals surface area contributed by atoms with Gasteiger partial charge in [0, 0.05) is 42.2 Å². The number of aromatic amines is 1. The van der Waals surface area contributed by atoms with E-state index in [-0.39, 0.29) is 11.5 Å². The van der Waals surface area contributed by atoms with Crippen molar-refractivity contribution >= 4 is 31.8 Å². The number of sulfone groups is 1. The Balaban J connectivity index is 1.41. The molecule has 0 spiro atoms. The number of rotatable bonds is 3. The summed E-state index contributed by atoms with van der Waals surface area (Å²) in [6.07, 6.45) is 3.50. The van der Waals surface area contributed by atoms with E-state index in [1.165, 1.54) is 0 Å². The SMILES string of the molecule is N#Cc1cc2c(cn1)[nH]c1ncc(-c3ccc(CN4CCS(=O)(=O)CC4)cc3)cc12. The third kappa shape index (κ3) is 3.54. The number of nitrogens with one attached hydrogen (secondary N) is 1. The number of nitrogens with zero attached hydrogens (tertiary/aromatic N) is 4. The Kier molecular flexibility index (Phi) is 4.50. The largest absolute Gasteiger partial charge is 0.338 e. The zero-order valence-corrected chi connectivity index (χ0v) is 17.0. The van der Waals surface area contributed by atoms with Gasteiger partial charge in [-0.15, -0.1) is 0 Å². The van der Waals surface area contributed by atoms with Crippen molar-refractivity contribution in [3.63, 3.8) is 0 Å². The summed E-state index contributed by atoms with van der Waals surface area (Å²) in [5.74, 6) is 0.481. The van der Waals surface area contributed by atoms with Crippen LogP contribution in [-0.4, -0.2) is 52.9 Å². The summed E-state index contributed by atoms with van der Waals surface area (Å²) >= 11 is 0. The third-order valence-corrected chi connectivity index (χ3v) is 7.19. The highest BCUT2D eigenvalue weighted by atomic mass is 32.2. The number of fused-ring (bicyclic) bond motifs is 3. The lowest BCUT2D eigenvalue weighted by Gasteiger charge is -2.26. The normalized spacial score (nSPS) is 16.6. The standard InChI is InChI=1S/C22H19N5O2S/c23-11-18-10-19-20-9-17(12-25-22(20)26-21(19)13-24-18)16-3-1-15(2-4-16)14-27-5-7-30(28,29)8-6-27/h1-4,9-10,12-13H,5-8,14H2,(H,25,26). The van der Waals surface area contributed by atoms with Crippen LogP contribution in [-0.2, 0) is 16.4 Å². The maximum atomic E-state index is 11.6. The Hall–Kier alpha value is -3.28. The molecule has 0 atom stereocenters. The van der Waals surface area contributed by atoms with Crippen LogP contribution in [0.2, 0.25) is 0 Å². The molecule has 0 radical (unpaired) electrons. The smallest absolute Gasteiger partial charge is 0.152 e. The Labute approximate surface area is 173 Å². The van der Waals surface area contributed by atoms with Crippen LogP contribution in [0.15, 0.2) is 48.8 Å². The average molecular weight is 417 g/mol. The van der Waals surface area contributed by atoms with E-state index >= 15 is 0 Å². The second-order valence-corrected chi connectivity index (χ2v) is 9.90. The molecule has 5 rings (SSSR count). The lowest BCUT2D eigenvalue weighted by atomic mass is 10.0. The fraction of sp³-hybridized carbons (Fsp3) is 0.227. The van der Waals surface area contributed by atoms with Crippen LogP contribution >= 0.6 is 0 Å². The summed E-state index contributed by atoms with van der Waals surface area (Å²) in [6, 6.07) is 14.2. The van der Waals surface area contributed by atoms with Gasteiger partial charge in [-0.25, -0.2) is 18.4 Å². The average Bonchev–Trinajstić information content (AvgIpc) is 3.13. The minimum atomic E-state index is -2.86. The first-order valence-electron chi connectivity index (χ1n) is 9.70. The molecule has 4 aromatic rings. The van der Waals surface area contributed by atoms with Crippen molar-refractivity contribution in [1.82, 2.24) is 19.9 Å². The first-order valence-corrected chi connectivity index (χ1v) is 11.5. The molecule has 150 valence electrons. The van der Waals surface area contributed by atoms with Crippen molar-refractivity contribution in [2.45, 2.75) is 6.54 Å². The van der Waals surface area contributed by atoms with E-state index in [4.69, 9.17) is 5.26 Å². The van der Waals surface area contributed by atoms with Gasteiger partial charge in [-0.05, 0) is 23.3 Å². The number of H-pyrrole nitrogens is 1. The fourth-order valence-corrected chi connectivity index (χ4v) is 5.14. The lowest BCUT2D eigenvalue weighted by Crippen LogP contribution is -2.39. The van der Waals surface area contributed by atoms with Crippen LogP contribution in [0.3, 0.4) is 0 Å². The number of aromatic nitrogens is 3.